The molecule has 6 nitrogen and oxygen atoms in total. The SMILES string of the molecule is CC1(C)CN(CCS)Cc2cc(Nc3ncnc4c3CCN(c3ncccc3C(F)(F)F)C4)ccc21. The predicted octanol–water partition coefficient (Wildman–Crippen LogP) is 5.22. The van der Waals surface area contributed by atoms with E-state index in [4.69, 9.17) is 0 Å². The monoisotopic (exact) mass is 514 g/mol. The van der Waals surface area contributed by atoms with Gasteiger partial charge in [-0.1, -0.05) is 19.9 Å². The molecule has 0 fully saturated rings. The van der Waals surface area contributed by atoms with Crippen LogP contribution in [0.3, 0.4) is 0 Å². The summed E-state index contributed by atoms with van der Waals surface area (Å²) in [4.78, 5) is 17.0. The van der Waals surface area contributed by atoms with E-state index in [9.17, 15) is 13.2 Å². The molecule has 0 spiro atoms. The molecule has 0 bridgehead atoms. The first kappa shape index (κ1) is 24.8. The van der Waals surface area contributed by atoms with Crippen molar-refractivity contribution in [1.29, 1.82) is 0 Å². The van der Waals surface area contributed by atoms with E-state index in [0.717, 1.165) is 42.7 Å². The smallest absolute Gasteiger partial charge is 0.350 e. The highest BCUT2D eigenvalue weighted by molar-refractivity contribution is 7.80. The molecule has 36 heavy (non-hydrogen) atoms. The molecule has 0 saturated carbocycles. The molecule has 0 saturated heterocycles. The zero-order chi connectivity index (χ0) is 25.5. The number of benzene rings is 1. The lowest BCUT2D eigenvalue weighted by molar-refractivity contribution is -0.137. The Hall–Kier alpha value is -2.85. The third kappa shape index (κ3) is 4.88. The number of aromatic nitrogens is 3. The number of hydrogen-bond acceptors (Lipinski definition) is 7. The Morgan fingerprint density at radius 3 is 2.72 bits per heavy atom. The lowest BCUT2D eigenvalue weighted by atomic mass is 9.78. The van der Waals surface area contributed by atoms with Gasteiger partial charge in [-0.15, -0.1) is 0 Å². The van der Waals surface area contributed by atoms with E-state index < -0.39 is 11.7 Å². The maximum Gasteiger partial charge on any atom is 0.419 e. The maximum atomic E-state index is 13.5. The molecule has 10 heteroatoms. The third-order valence-electron chi connectivity index (χ3n) is 6.92. The van der Waals surface area contributed by atoms with Crippen molar-refractivity contribution >= 4 is 30.0 Å². The fraction of sp³-hybridized carbons (Fsp3) is 0.423. The molecule has 0 aliphatic carbocycles. The van der Waals surface area contributed by atoms with Crippen molar-refractivity contribution in [2.24, 2.45) is 0 Å². The van der Waals surface area contributed by atoms with Crippen LogP contribution in [-0.2, 0) is 31.1 Å². The Morgan fingerprint density at radius 1 is 1.11 bits per heavy atom. The fourth-order valence-electron chi connectivity index (χ4n) is 5.35. The Morgan fingerprint density at radius 2 is 1.94 bits per heavy atom. The second-order valence-electron chi connectivity index (χ2n) is 10.0. The number of nitrogens with one attached hydrogen (secondary N) is 1. The summed E-state index contributed by atoms with van der Waals surface area (Å²) in [6.07, 6.45) is -1.10. The summed E-state index contributed by atoms with van der Waals surface area (Å²) in [5.74, 6) is 1.45. The summed E-state index contributed by atoms with van der Waals surface area (Å²) in [5, 5.41) is 3.45. The summed E-state index contributed by atoms with van der Waals surface area (Å²) >= 11 is 4.41. The Labute approximate surface area is 214 Å². The lowest BCUT2D eigenvalue weighted by Crippen LogP contribution is -2.42. The highest BCUT2D eigenvalue weighted by Crippen LogP contribution is 2.38. The number of halogens is 3. The Bertz CT molecular complexity index is 1260. The van der Waals surface area contributed by atoms with Gasteiger partial charge in [0.15, 0.2) is 0 Å². The van der Waals surface area contributed by atoms with Gasteiger partial charge in [0.1, 0.15) is 18.0 Å². The number of pyridine rings is 1. The molecule has 0 unspecified atom stereocenters. The normalized spacial score (nSPS) is 17.4. The van der Waals surface area contributed by atoms with E-state index in [1.807, 2.05) is 0 Å². The maximum absolute atomic E-state index is 13.5. The van der Waals surface area contributed by atoms with Crippen LogP contribution in [0.25, 0.3) is 0 Å². The molecule has 4 heterocycles. The Balaban J connectivity index is 1.39. The Kier molecular flexibility index (Phi) is 6.59. The quantitative estimate of drug-likeness (QED) is 0.456. The van der Waals surface area contributed by atoms with E-state index in [2.05, 4.69) is 69.8 Å². The van der Waals surface area contributed by atoms with Crippen LogP contribution in [0, 0.1) is 0 Å². The highest BCUT2D eigenvalue weighted by Gasteiger charge is 2.37. The number of anilines is 3. The van der Waals surface area contributed by atoms with Crippen LogP contribution in [0.15, 0.2) is 42.9 Å². The van der Waals surface area contributed by atoms with Crippen LogP contribution in [0.5, 0.6) is 0 Å². The summed E-state index contributed by atoms with van der Waals surface area (Å²) < 4.78 is 40.6. The van der Waals surface area contributed by atoms with Crippen molar-refractivity contribution in [3.63, 3.8) is 0 Å². The van der Waals surface area contributed by atoms with Gasteiger partial charge in [-0.05, 0) is 41.8 Å². The summed E-state index contributed by atoms with van der Waals surface area (Å²) in [6.45, 7) is 7.97. The second-order valence-corrected chi connectivity index (χ2v) is 10.5. The van der Waals surface area contributed by atoms with Crippen molar-refractivity contribution in [2.75, 3.05) is 35.6 Å². The van der Waals surface area contributed by atoms with E-state index in [-0.39, 0.29) is 17.8 Å². The van der Waals surface area contributed by atoms with Gasteiger partial charge in [0.2, 0.25) is 0 Å². The topological polar surface area (TPSA) is 57.2 Å². The molecule has 0 radical (unpaired) electrons. The molecular formula is C26H29F3N6S. The molecule has 1 aromatic carbocycles. The molecule has 0 amide bonds. The lowest BCUT2D eigenvalue weighted by Gasteiger charge is -2.40. The van der Waals surface area contributed by atoms with Crippen LogP contribution in [0.1, 0.15) is 41.8 Å². The highest BCUT2D eigenvalue weighted by atomic mass is 32.1. The van der Waals surface area contributed by atoms with Crippen LogP contribution >= 0.6 is 12.6 Å². The number of fused-ring (bicyclic) bond motifs is 2. The molecule has 5 rings (SSSR count). The molecule has 3 aromatic rings. The summed E-state index contributed by atoms with van der Waals surface area (Å²) in [6, 6.07) is 8.81. The van der Waals surface area contributed by atoms with Crippen molar-refractivity contribution in [2.45, 2.75) is 44.9 Å². The number of thiol groups is 1. The molecule has 1 N–H and O–H groups in total. The third-order valence-corrected chi connectivity index (χ3v) is 7.12. The standard InChI is InChI=1S/C26H29F3N6S/c1-25(2)15-34(10-11-36)13-17-12-18(5-6-20(17)25)33-23-19-7-9-35(14-22(19)31-16-32-23)24-21(26(27,28)29)4-3-8-30-24/h3-6,8,12,16,36H,7,9-11,13-15H2,1-2H3,(H,31,32,33). The number of rotatable bonds is 5. The van der Waals surface area contributed by atoms with Crippen LogP contribution < -0.4 is 10.2 Å². The van der Waals surface area contributed by atoms with Gasteiger partial charge < -0.3 is 10.2 Å². The fourth-order valence-corrected chi connectivity index (χ4v) is 5.64. The van der Waals surface area contributed by atoms with E-state index >= 15 is 0 Å². The second kappa shape index (κ2) is 9.55. The van der Waals surface area contributed by atoms with Gasteiger partial charge in [0, 0.05) is 54.8 Å². The van der Waals surface area contributed by atoms with Gasteiger partial charge in [-0.2, -0.15) is 25.8 Å². The van der Waals surface area contributed by atoms with Gasteiger partial charge in [0.05, 0.1) is 17.8 Å². The average Bonchev–Trinajstić information content (AvgIpc) is 2.83. The largest absolute Gasteiger partial charge is 0.419 e. The van der Waals surface area contributed by atoms with E-state index in [1.54, 1.807) is 4.90 Å². The molecule has 2 aliphatic rings. The first-order chi connectivity index (χ1) is 17.2. The molecule has 2 aromatic heterocycles. The van der Waals surface area contributed by atoms with Gasteiger partial charge in [0.25, 0.3) is 0 Å². The predicted molar refractivity (Wildman–Crippen MR) is 138 cm³/mol. The van der Waals surface area contributed by atoms with Crippen LogP contribution in [0.4, 0.5) is 30.5 Å². The minimum absolute atomic E-state index is 0.0490. The van der Waals surface area contributed by atoms with Crippen molar-refractivity contribution in [1.82, 2.24) is 19.9 Å². The summed E-state index contributed by atoms with van der Waals surface area (Å²) in [5.41, 5.74) is 4.51. The minimum atomic E-state index is -4.47. The first-order valence-electron chi connectivity index (χ1n) is 12.0. The number of nitrogens with zero attached hydrogens (tertiary/aromatic N) is 5. The van der Waals surface area contributed by atoms with Crippen LogP contribution in [0.2, 0.25) is 0 Å². The molecule has 190 valence electrons. The van der Waals surface area contributed by atoms with Crippen molar-refractivity contribution in [3.05, 3.63) is 70.8 Å². The molecule has 2 aliphatic heterocycles. The zero-order valence-electron chi connectivity index (χ0n) is 20.3. The number of alkyl halides is 3. The summed E-state index contributed by atoms with van der Waals surface area (Å²) in [7, 11) is 0. The number of hydrogen-bond donors (Lipinski definition) is 2. The molecule has 0 atom stereocenters. The van der Waals surface area contributed by atoms with Crippen LogP contribution in [-0.4, -0.2) is 45.2 Å². The van der Waals surface area contributed by atoms with Gasteiger partial charge in [-0.3, -0.25) is 4.90 Å². The zero-order valence-corrected chi connectivity index (χ0v) is 21.2. The van der Waals surface area contributed by atoms with E-state index in [1.165, 1.54) is 29.7 Å². The van der Waals surface area contributed by atoms with Crippen molar-refractivity contribution in [3.8, 4) is 0 Å². The van der Waals surface area contributed by atoms with Gasteiger partial charge in [-0.25, -0.2) is 15.0 Å². The van der Waals surface area contributed by atoms with Crippen molar-refractivity contribution < 1.29 is 13.2 Å². The van der Waals surface area contributed by atoms with Gasteiger partial charge >= 0.3 is 6.18 Å². The minimum Gasteiger partial charge on any atom is -0.350 e. The van der Waals surface area contributed by atoms with E-state index in [0.29, 0.717) is 24.5 Å². The average molecular weight is 515 g/mol. The molecular weight excluding hydrogens is 485 g/mol. The first-order valence-corrected chi connectivity index (χ1v) is 12.6.